The predicted octanol–water partition coefficient (Wildman–Crippen LogP) is 4.70. The average molecular weight is 310 g/mol. The van der Waals surface area contributed by atoms with Crippen molar-refractivity contribution in [2.45, 2.75) is 13.0 Å². The molecule has 106 valence electrons. The number of halogens is 2. The fraction of sp³-hybridized carbons (Fsp3) is 0.250. The maximum atomic E-state index is 6.28. The van der Waals surface area contributed by atoms with Gasteiger partial charge in [-0.2, -0.15) is 0 Å². The number of nitrogens with one attached hydrogen (secondary N) is 1. The van der Waals surface area contributed by atoms with Crippen LogP contribution in [0, 0.1) is 0 Å². The van der Waals surface area contributed by atoms with E-state index in [2.05, 4.69) is 5.32 Å². The molecule has 4 heteroatoms. The quantitative estimate of drug-likeness (QED) is 0.864. The van der Waals surface area contributed by atoms with Gasteiger partial charge in [-0.25, -0.2) is 0 Å². The fourth-order valence-corrected chi connectivity index (χ4v) is 2.80. The van der Waals surface area contributed by atoms with E-state index in [1.54, 1.807) is 0 Å². The van der Waals surface area contributed by atoms with E-state index in [-0.39, 0.29) is 6.04 Å². The van der Waals surface area contributed by atoms with Crippen molar-refractivity contribution in [3.8, 4) is 5.75 Å². The van der Waals surface area contributed by atoms with E-state index in [0.29, 0.717) is 16.7 Å². The lowest BCUT2D eigenvalue weighted by atomic mass is 9.98. The fourth-order valence-electron chi connectivity index (χ4n) is 2.19. The SMILES string of the molecule is CCOc1ccc(C(NC)c2c(Cl)cccc2Cl)cc1. The minimum Gasteiger partial charge on any atom is -0.494 e. The molecule has 0 amide bonds. The molecule has 1 unspecified atom stereocenters. The van der Waals surface area contributed by atoms with Crippen LogP contribution in [-0.4, -0.2) is 13.7 Å². The first-order valence-corrected chi connectivity index (χ1v) is 7.27. The highest BCUT2D eigenvalue weighted by Crippen LogP contribution is 2.34. The normalized spacial score (nSPS) is 12.2. The molecule has 20 heavy (non-hydrogen) atoms. The van der Waals surface area contributed by atoms with Crippen LogP contribution in [0.3, 0.4) is 0 Å². The highest BCUT2D eigenvalue weighted by Gasteiger charge is 2.18. The second-order valence-corrected chi connectivity index (χ2v) is 5.17. The zero-order chi connectivity index (χ0) is 14.5. The van der Waals surface area contributed by atoms with Crippen molar-refractivity contribution in [2.75, 3.05) is 13.7 Å². The molecule has 0 aliphatic rings. The van der Waals surface area contributed by atoms with E-state index in [1.165, 1.54) is 0 Å². The van der Waals surface area contributed by atoms with E-state index in [4.69, 9.17) is 27.9 Å². The summed E-state index contributed by atoms with van der Waals surface area (Å²) in [6.45, 7) is 2.62. The van der Waals surface area contributed by atoms with Gasteiger partial charge in [0.05, 0.1) is 12.6 Å². The lowest BCUT2D eigenvalue weighted by Gasteiger charge is -2.20. The summed E-state index contributed by atoms with van der Waals surface area (Å²) in [6, 6.07) is 13.4. The van der Waals surface area contributed by atoms with Crippen LogP contribution in [0.4, 0.5) is 0 Å². The van der Waals surface area contributed by atoms with E-state index < -0.39 is 0 Å². The molecule has 2 aromatic rings. The lowest BCUT2D eigenvalue weighted by Crippen LogP contribution is -2.18. The minimum atomic E-state index is -0.0492. The molecule has 0 aromatic heterocycles. The smallest absolute Gasteiger partial charge is 0.119 e. The first-order valence-electron chi connectivity index (χ1n) is 6.51. The van der Waals surface area contributed by atoms with Crippen LogP contribution in [0.5, 0.6) is 5.75 Å². The molecule has 1 N–H and O–H groups in total. The Hall–Kier alpha value is -1.22. The number of hydrogen-bond donors (Lipinski definition) is 1. The largest absolute Gasteiger partial charge is 0.494 e. The third-order valence-corrected chi connectivity index (χ3v) is 3.76. The topological polar surface area (TPSA) is 21.3 Å². The number of ether oxygens (including phenoxy) is 1. The Morgan fingerprint density at radius 3 is 2.15 bits per heavy atom. The van der Waals surface area contributed by atoms with E-state index in [1.807, 2.05) is 56.4 Å². The predicted molar refractivity (Wildman–Crippen MR) is 85.0 cm³/mol. The second-order valence-electron chi connectivity index (χ2n) is 4.36. The minimum absolute atomic E-state index is 0.0492. The summed E-state index contributed by atoms with van der Waals surface area (Å²) in [4.78, 5) is 0. The van der Waals surface area contributed by atoms with Crippen LogP contribution in [-0.2, 0) is 0 Å². The summed E-state index contributed by atoms with van der Waals surface area (Å²) in [5.41, 5.74) is 1.98. The molecule has 0 radical (unpaired) electrons. The van der Waals surface area contributed by atoms with Gasteiger partial charge in [-0.05, 0) is 43.8 Å². The van der Waals surface area contributed by atoms with Gasteiger partial charge in [-0.1, -0.05) is 41.4 Å². The molecule has 0 saturated heterocycles. The Kier molecular flexibility index (Phi) is 5.30. The van der Waals surface area contributed by atoms with Crippen LogP contribution in [0.1, 0.15) is 24.1 Å². The lowest BCUT2D eigenvalue weighted by molar-refractivity contribution is 0.340. The third-order valence-electron chi connectivity index (χ3n) is 3.10. The van der Waals surface area contributed by atoms with E-state index in [9.17, 15) is 0 Å². The summed E-state index contributed by atoms with van der Waals surface area (Å²) >= 11 is 12.6. The maximum absolute atomic E-state index is 6.28. The van der Waals surface area contributed by atoms with Gasteiger partial charge >= 0.3 is 0 Å². The molecule has 0 aliphatic heterocycles. The monoisotopic (exact) mass is 309 g/mol. The van der Waals surface area contributed by atoms with E-state index >= 15 is 0 Å². The highest BCUT2D eigenvalue weighted by atomic mass is 35.5. The van der Waals surface area contributed by atoms with Gasteiger partial charge in [0, 0.05) is 15.6 Å². The zero-order valence-electron chi connectivity index (χ0n) is 11.5. The number of hydrogen-bond acceptors (Lipinski definition) is 2. The molecular formula is C16H17Cl2NO. The van der Waals surface area contributed by atoms with Crippen LogP contribution >= 0.6 is 23.2 Å². The first-order chi connectivity index (χ1) is 9.67. The number of benzene rings is 2. The van der Waals surface area contributed by atoms with Gasteiger partial charge in [0.1, 0.15) is 5.75 Å². The summed E-state index contributed by atoms with van der Waals surface area (Å²) in [6.07, 6.45) is 0. The van der Waals surface area contributed by atoms with Crippen molar-refractivity contribution >= 4 is 23.2 Å². The first kappa shape index (κ1) is 15.2. The Morgan fingerprint density at radius 2 is 1.65 bits per heavy atom. The van der Waals surface area contributed by atoms with Gasteiger partial charge in [0.25, 0.3) is 0 Å². The maximum Gasteiger partial charge on any atom is 0.119 e. The van der Waals surface area contributed by atoms with Crippen molar-refractivity contribution < 1.29 is 4.74 Å². The molecule has 0 aliphatic carbocycles. The molecule has 0 bridgehead atoms. The van der Waals surface area contributed by atoms with Crippen molar-refractivity contribution in [1.82, 2.24) is 5.32 Å². The van der Waals surface area contributed by atoms with Gasteiger partial charge in [0.15, 0.2) is 0 Å². The van der Waals surface area contributed by atoms with E-state index in [0.717, 1.165) is 16.9 Å². The van der Waals surface area contributed by atoms with Gasteiger partial charge in [-0.15, -0.1) is 0 Å². The van der Waals surface area contributed by atoms with Crippen LogP contribution in [0.25, 0.3) is 0 Å². The van der Waals surface area contributed by atoms with Crippen LogP contribution in [0.2, 0.25) is 10.0 Å². The number of rotatable bonds is 5. The average Bonchev–Trinajstić information content (AvgIpc) is 2.45. The van der Waals surface area contributed by atoms with Crippen molar-refractivity contribution in [2.24, 2.45) is 0 Å². The van der Waals surface area contributed by atoms with Gasteiger partial charge in [0.2, 0.25) is 0 Å². The molecule has 2 aromatic carbocycles. The Morgan fingerprint density at radius 1 is 1.05 bits per heavy atom. The highest BCUT2D eigenvalue weighted by molar-refractivity contribution is 6.36. The summed E-state index contributed by atoms with van der Waals surface area (Å²) in [7, 11) is 1.89. The van der Waals surface area contributed by atoms with Gasteiger partial charge < -0.3 is 10.1 Å². The molecule has 0 saturated carbocycles. The Labute approximate surface area is 129 Å². The second kappa shape index (κ2) is 6.98. The summed E-state index contributed by atoms with van der Waals surface area (Å²) in [5.74, 6) is 0.858. The summed E-state index contributed by atoms with van der Waals surface area (Å²) < 4.78 is 5.45. The molecule has 2 nitrogen and oxygen atoms in total. The Bertz CT molecular complexity index is 549. The van der Waals surface area contributed by atoms with Crippen LogP contribution in [0.15, 0.2) is 42.5 Å². The zero-order valence-corrected chi connectivity index (χ0v) is 13.0. The molecule has 0 heterocycles. The molecule has 0 spiro atoms. The summed E-state index contributed by atoms with van der Waals surface area (Å²) in [5, 5.41) is 4.57. The third kappa shape index (κ3) is 3.26. The Balaban J connectivity index is 2.37. The van der Waals surface area contributed by atoms with Crippen molar-refractivity contribution in [3.63, 3.8) is 0 Å². The van der Waals surface area contributed by atoms with Crippen molar-refractivity contribution in [3.05, 3.63) is 63.6 Å². The molecule has 2 rings (SSSR count). The molecule has 1 atom stereocenters. The van der Waals surface area contributed by atoms with Crippen molar-refractivity contribution in [1.29, 1.82) is 0 Å². The van der Waals surface area contributed by atoms with Gasteiger partial charge in [-0.3, -0.25) is 0 Å². The standard InChI is InChI=1S/C16H17Cl2NO/c1-3-20-12-9-7-11(8-10-12)16(19-2)15-13(17)5-4-6-14(15)18/h4-10,16,19H,3H2,1-2H3. The molecule has 0 fully saturated rings. The van der Waals surface area contributed by atoms with Crippen LogP contribution < -0.4 is 10.1 Å². The molecular weight excluding hydrogens is 293 g/mol.